The van der Waals surface area contributed by atoms with Gasteiger partial charge in [-0.1, -0.05) is 20.8 Å². The van der Waals surface area contributed by atoms with Crippen LogP contribution in [0.15, 0.2) is 0 Å². The Balaban J connectivity index is 0.00000106. The molecule has 0 atom stereocenters. The second-order valence-electron chi connectivity index (χ2n) is 6.25. The summed E-state index contributed by atoms with van der Waals surface area (Å²) in [6.07, 6.45) is 8.97. The fourth-order valence-electron chi connectivity index (χ4n) is 3.31. The Hall–Kier alpha value is -0.570. The third kappa shape index (κ3) is 6.37. The third-order valence-electron chi connectivity index (χ3n) is 4.66. The van der Waals surface area contributed by atoms with E-state index in [1.807, 2.05) is 20.8 Å². The third-order valence-corrected chi connectivity index (χ3v) is 4.66. The minimum absolute atomic E-state index is 0.0505. The van der Waals surface area contributed by atoms with Gasteiger partial charge in [0.25, 0.3) is 0 Å². The maximum absolute atomic E-state index is 12.1. The molecule has 2 rings (SSSR count). The SMILES string of the molecule is CC.CCOC1CCC(C(=O)OC2CCC(C)CC2)CC1. The molecule has 124 valence electrons. The Morgan fingerprint density at radius 2 is 1.43 bits per heavy atom. The summed E-state index contributed by atoms with van der Waals surface area (Å²) in [5.41, 5.74) is 0. The van der Waals surface area contributed by atoms with Crippen LogP contribution >= 0.6 is 0 Å². The molecule has 0 radical (unpaired) electrons. The number of hydrogen-bond donors (Lipinski definition) is 0. The van der Waals surface area contributed by atoms with Gasteiger partial charge in [-0.3, -0.25) is 4.79 Å². The summed E-state index contributed by atoms with van der Waals surface area (Å²) in [5.74, 6) is 0.974. The van der Waals surface area contributed by atoms with Crippen LogP contribution in [0.5, 0.6) is 0 Å². The molecule has 0 amide bonds. The van der Waals surface area contributed by atoms with Crippen LogP contribution in [-0.2, 0) is 14.3 Å². The van der Waals surface area contributed by atoms with Crippen molar-refractivity contribution in [3.8, 4) is 0 Å². The molecule has 21 heavy (non-hydrogen) atoms. The quantitative estimate of drug-likeness (QED) is 0.704. The van der Waals surface area contributed by atoms with Crippen molar-refractivity contribution in [2.75, 3.05) is 6.61 Å². The first-order chi connectivity index (χ1) is 10.2. The lowest BCUT2D eigenvalue weighted by molar-refractivity contribution is -0.158. The van der Waals surface area contributed by atoms with E-state index in [0.717, 1.165) is 51.0 Å². The van der Waals surface area contributed by atoms with Gasteiger partial charge in [0.2, 0.25) is 0 Å². The first-order valence-corrected chi connectivity index (χ1v) is 9.01. The van der Waals surface area contributed by atoms with Gasteiger partial charge in [0.15, 0.2) is 0 Å². The summed E-state index contributed by atoms with van der Waals surface area (Å²) in [4.78, 5) is 12.1. The summed E-state index contributed by atoms with van der Waals surface area (Å²) >= 11 is 0. The molecule has 0 spiro atoms. The number of carbonyl (C=O) groups is 1. The number of hydrogen-bond acceptors (Lipinski definition) is 3. The van der Waals surface area contributed by atoms with E-state index in [1.54, 1.807) is 0 Å². The van der Waals surface area contributed by atoms with Crippen molar-refractivity contribution in [2.45, 2.75) is 91.3 Å². The van der Waals surface area contributed by atoms with Crippen molar-refractivity contribution >= 4 is 5.97 Å². The van der Waals surface area contributed by atoms with Crippen LogP contribution in [0.4, 0.5) is 0 Å². The summed E-state index contributed by atoms with van der Waals surface area (Å²) in [5, 5.41) is 0. The highest BCUT2D eigenvalue weighted by Gasteiger charge is 2.30. The maximum atomic E-state index is 12.1. The predicted octanol–water partition coefficient (Wildman–Crippen LogP) is 4.73. The number of carbonyl (C=O) groups excluding carboxylic acids is 1. The van der Waals surface area contributed by atoms with E-state index in [0.29, 0.717) is 6.10 Å². The fourth-order valence-corrected chi connectivity index (χ4v) is 3.31. The average molecular weight is 298 g/mol. The highest BCUT2D eigenvalue weighted by molar-refractivity contribution is 5.72. The molecule has 0 aromatic carbocycles. The number of esters is 1. The molecule has 0 aromatic heterocycles. The highest BCUT2D eigenvalue weighted by Crippen LogP contribution is 2.30. The molecule has 2 fully saturated rings. The van der Waals surface area contributed by atoms with Gasteiger partial charge in [-0.15, -0.1) is 0 Å². The van der Waals surface area contributed by atoms with Crippen molar-refractivity contribution < 1.29 is 14.3 Å². The van der Waals surface area contributed by atoms with Crippen LogP contribution in [0.25, 0.3) is 0 Å². The Bertz CT molecular complexity index is 274. The zero-order valence-electron chi connectivity index (χ0n) is 14.4. The monoisotopic (exact) mass is 298 g/mol. The topological polar surface area (TPSA) is 35.5 Å². The Morgan fingerprint density at radius 1 is 0.905 bits per heavy atom. The summed E-state index contributed by atoms with van der Waals surface area (Å²) < 4.78 is 11.3. The second kappa shape index (κ2) is 10.2. The van der Waals surface area contributed by atoms with Crippen molar-refractivity contribution in [1.29, 1.82) is 0 Å². The molecular weight excluding hydrogens is 264 g/mol. The number of ether oxygens (including phenoxy) is 2. The van der Waals surface area contributed by atoms with Crippen LogP contribution in [-0.4, -0.2) is 24.8 Å². The molecule has 2 saturated carbocycles. The lowest BCUT2D eigenvalue weighted by Gasteiger charge is -2.30. The van der Waals surface area contributed by atoms with E-state index in [2.05, 4.69) is 6.92 Å². The van der Waals surface area contributed by atoms with E-state index in [1.165, 1.54) is 12.8 Å². The molecule has 0 heterocycles. The maximum Gasteiger partial charge on any atom is 0.309 e. The lowest BCUT2D eigenvalue weighted by Crippen LogP contribution is -2.31. The van der Waals surface area contributed by atoms with Crippen LogP contribution in [0, 0.1) is 11.8 Å². The van der Waals surface area contributed by atoms with Gasteiger partial charge >= 0.3 is 5.97 Å². The van der Waals surface area contributed by atoms with Crippen LogP contribution < -0.4 is 0 Å². The second-order valence-corrected chi connectivity index (χ2v) is 6.25. The molecular formula is C18H34O3. The summed E-state index contributed by atoms with van der Waals surface area (Å²) in [7, 11) is 0. The first-order valence-electron chi connectivity index (χ1n) is 9.01. The smallest absolute Gasteiger partial charge is 0.309 e. The molecule has 0 bridgehead atoms. The molecule has 0 N–H and O–H groups in total. The van der Waals surface area contributed by atoms with E-state index in [4.69, 9.17) is 9.47 Å². The minimum Gasteiger partial charge on any atom is -0.462 e. The van der Waals surface area contributed by atoms with Gasteiger partial charge in [-0.2, -0.15) is 0 Å². The largest absolute Gasteiger partial charge is 0.462 e. The molecule has 3 nitrogen and oxygen atoms in total. The summed E-state index contributed by atoms with van der Waals surface area (Å²) in [6.45, 7) is 9.09. The Labute approximate surface area is 130 Å². The Morgan fingerprint density at radius 3 is 1.95 bits per heavy atom. The molecule has 0 aliphatic heterocycles. The predicted molar refractivity (Wildman–Crippen MR) is 86.2 cm³/mol. The highest BCUT2D eigenvalue weighted by atomic mass is 16.5. The summed E-state index contributed by atoms with van der Waals surface area (Å²) in [6, 6.07) is 0. The molecule has 0 unspecified atom stereocenters. The zero-order valence-corrected chi connectivity index (χ0v) is 14.4. The normalized spacial score (nSPS) is 32.8. The molecule has 2 aliphatic carbocycles. The standard InChI is InChI=1S/C16H28O3.C2H6/c1-3-18-14-10-6-13(7-11-14)16(17)19-15-8-4-12(2)5-9-15;1-2/h12-15H,3-11H2,1-2H3;1-2H3. The van der Waals surface area contributed by atoms with Gasteiger partial charge in [-0.05, 0) is 64.2 Å². The van der Waals surface area contributed by atoms with E-state index in [-0.39, 0.29) is 18.0 Å². The van der Waals surface area contributed by atoms with Gasteiger partial charge in [0.1, 0.15) is 6.10 Å². The number of rotatable bonds is 4. The van der Waals surface area contributed by atoms with Crippen molar-refractivity contribution in [2.24, 2.45) is 11.8 Å². The van der Waals surface area contributed by atoms with Crippen LogP contribution in [0.1, 0.15) is 79.1 Å². The fraction of sp³-hybridized carbons (Fsp3) is 0.944. The molecule has 0 aromatic rings. The van der Waals surface area contributed by atoms with Gasteiger partial charge in [0, 0.05) is 6.61 Å². The van der Waals surface area contributed by atoms with Crippen LogP contribution in [0.3, 0.4) is 0 Å². The first kappa shape index (κ1) is 18.5. The Kier molecular flexibility index (Phi) is 8.98. The van der Waals surface area contributed by atoms with E-state index < -0.39 is 0 Å². The van der Waals surface area contributed by atoms with E-state index in [9.17, 15) is 4.79 Å². The van der Waals surface area contributed by atoms with Gasteiger partial charge < -0.3 is 9.47 Å². The van der Waals surface area contributed by atoms with Gasteiger partial charge in [-0.25, -0.2) is 0 Å². The lowest BCUT2D eigenvalue weighted by atomic mass is 9.86. The van der Waals surface area contributed by atoms with Crippen molar-refractivity contribution in [3.05, 3.63) is 0 Å². The van der Waals surface area contributed by atoms with E-state index >= 15 is 0 Å². The molecule has 2 aliphatic rings. The molecule has 3 heteroatoms. The average Bonchev–Trinajstić information content (AvgIpc) is 2.52. The van der Waals surface area contributed by atoms with Gasteiger partial charge in [0.05, 0.1) is 12.0 Å². The van der Waals surface area contributed by atoms with Crippen LogP contribution in [0.2, 0.25) is 0 Å². The van der Waals surface area contributed by atoms with Crippen molar-refractivity contribution in [3.63, 3.8) is 0 Å². The zero-order chi connectivity index (χ0) is 15.7. The minimum atomic E-state index is 0.0505. The molecule has 0 saturated heterocycles. The van der Waals surface area contributed by atoms with Crippen molar-refractivity contribution in [1.82, 2.24) is 0 Å².